The first-order valence-electron chi connectivity index (χ1n) is 9.19. The van der Waals surface area contributed by atoms with Crippen molar-refractivity contribution in [3.8, 4) is 0 Å². The molecule has 5 nitrogen and oxygen atoms in total. The van der Waals surface area contributed by atoms with Crippen LogP contribution in [-0.2, 0) is 19.0 Å². The van der Waals surface area contributed by atoms with E-state index in [1.54, 1.807) is 13.2 Å². The van der Waals surface area contributed by atoms with Crippen LogP contribution in [-0.4, -0.2) is 43.3 Å². The highest BCUT2D eigenvalue weighted by Gasteiger charge is 2.19. The SMILES string of the molecule is CCCCC[C@@H](O)[C@H](/C=C/[C@@H](CCCCC)OCOC)OC(C)=O. The lowest BCUT2D eigenvalue weighted by atomic mass is 10.0. The molecule has 0 heterocycles. The standard InChI is InChI=1S/C19H36O5/c1-5-7-9-11-17(23-15-22-4)13-14-19(24-16(3)20)18(21)12-10-8-6-2/h13-14,17-19,21H,5-12,15H2,1-4H3/b14-13+/t17-,18-,19+/m1/s1. The Hall–Kier alpha value is -0.910. The number of methoxy groups -OCH3 is 1. The van der Waals surface area contributed by atoms with E-state index in [1.165, 1.54) is 6.92 Å². The average molecular weight is 344 g/mol. The Kier molecular flexibility index (Phi) is 15.0. The molecule has 0 aromatic heterocycles. The second-order valence-electron chi connectivity index (χ2n) is 6.13. The van der Waals surface area contributed by atoms with E-state index in [9.17, 15) is 9.90 Å². The second kappa shape index (κ2) is 15.6. The number of carbonyl (C=O) groups is 1. The van der Waals surface area contributed by atoms with Gasteiger partial charge in [0.05, 0.1) is 12.2 Å². The van der Waals surface area contributed by atoms with Gasteiger partial charge in [-0.3, -0.25) is 4.79 Å². The zero-order valence-electron chi connectivity index (χ0n) is 15.8. The molecule has 0 fully saturated rings. The molecule has 0 amide bonds. The predicted molar refractivity (Wildman–Crippen MR) is 95.7 cm³/mol. The summed E-state index contributed by atoms with van der Waals surface area (Å²) in [4.78, 5) is 11.3. The fourth-order valence-electron chi connectivity index (χ4n) is 2.42. The van der Waals surface area contributed by atoms with Gasteiger partial charge in [-0.1, -0.05) is 58.4 Å². The largest absolute Gasteiger partial charge is 0.456 e. The molecular formula is C19H36O5. The fourth-order valence-corrected chi connectivity index (χ4v) is 2.42. The van der Waals surface area contributed by atoms with Crippen LogP contribution in [0.4, 0.5) is 0 Å². The summed E-state index contributed by atoms with van der Waals surface area (Å²) in [7, 11) is 1.59. The van der Waals surface area contributed by atoms with Gasteiger partial charge >= 0.3 is 5.97 Å². The normalized spacial score (nSPS) is 15.4. The maximum absolute atomic E-state index is 11.3. The van der Waals surface area contributed by atoms with Crippen molar-refractivity contribution in [2.24, 2.45) is 0 Å². The predicted octanol–water partition coefficient (Wildman–Crippen LogP) is 3.98. The van der Waals surface area contributed by atoms with Crippen LogP contribution in [0.3, 0.4) is 0 Å². The smallest absolute Gasteiger partial charge is 0.303 e. The fraction of sp³-hybridized carbons (Fsp3) is 0.842. The summed E-state index contributed by atoms with van der Waals surface area (Å²) >= 11 is 0. The number of aliphatic hydroxyl groups is 1. The third kappa shape index (κ3) is 12.5. The van der Waals surface area contributed by atoms with Gasteiger partial charge in [0, 0.05) is 14.0 Å². The maximum atomic E-state index is 11.3. The monoisotopic (exact) mass is 344 g/mol. The van der Waals surface area contributed by atoms with E-state index in [4.69, 9.17) is 14.2 Å². The number of ether oxygens (including phenoxy) is 3. The van der Waals surface area contributed by atoms with Crippen LogP contribution in [0.15, 0.2) is 12.2 Å². The minimum atomic E-state index is -0.685. The van der Waals surface area contributed by atoms with Crippen molar-refractivity contribution < 1.29 is 24.1 Å². The summed E-state index contributed by atoms with van der Waals surface area (Å²) in [6, 6.07) is 0. The van der Waals surface area contributed by atoms with Gasteiger partial charge in [0.25, 0.3) is 0 Å². The third-order valence-corrected chi connectivity index (χ3v) is 3.79. The zero-order chi connectivity index (χ0) is 18.2. The average Bonchev–Trinajstić information content (AvgIpc) is 2.55. The maximum Gasteiger partial charge on any atom is 0.303 e. The van der Waals surface area contributed by atoms with Crippen LogP contribution in [0.2, 0.25) is 0 Å². The summed E-state index contributed by atoms with van der Waals surface area (Å²) in [5.74, 6) is -0.389. The number of unbranched alkanes of at least 4 members (excludes halogenated alkanes) is 4. The van der Waals surface area contributed by atoms with Gasteiger partial charge in [-0.05, 0) is 18.9 Å². The topological polar surface area (TPSA) is 65.0 Å². The van der Waals surface area contributed by atoms with Crippen LogP contribution in [0.1, 0.15) is 72.1 Å². The van der Waals surface area contributed by atoms with Crippen LogP contribution in [0.25, 0.3) is 0 Å². The highest BCUT2D eigenvalue weighted by atomic mass is 16.7. The van der Waals surface area contributed by atoms with Crippen molar-refractivity contribution in [1.29, 1.82) is 0 Å². The van der Waals surface area contributed by atoms with E-state index in [1.807, 2.05) is 6.08 Å². The van der Waals surface area contributed by atoms with Gasteiger partial charge in [0.2, 0.25) is 0 Å². The third-order valence-electron chi connectivity index (χ3n) is 3.79. The van der Waals surface area contributed by atoms with Crippen molar-refractivity contribution in [1.82, 2.24) is 0 Å². The molecule has 0 rings (SSSR count). The van der Waals surface area contributed by atoms with E-state index in [0.717, 1.165) is 44.9 Å². The van der Waals surface area contributed by atoms with Crippen molar-refractivity contribution in [2.45, 2.75) is 90.4 Å². The lowest BCUT2D eigenvalue weighted by molar-refractivity contribution is -0.149. The van der Waals surface area contributed by atoms with Crippen molar-refractivity contribution in [3.05, 3.63) is 12.2 Å². The van der Waals surface area contributed by atoms with Crippen LogP contribution >= 0.6 is 0 Å². The molecule has 142 valence electrons. The number of hydrogen-bond acceptors (Lipinski definition) is 5. The Morgan fingerprint density at radius 1 is 1.04 bits per heavy atom. The second-order valence-corrected chi connectivity index (χ2v) is 6.13. The highest BCUT2D eigenvalue weighted by molar-refractivity contribution is 5.66. The van der Waals surface area contributed by atoms with E-state index >= 15 is 0 Å². The molecule has 24 heavy (non-hydrogen) atoms. The Balaban J connectivity index is 4.69. The van der Waals surface area contributed by atoms with Gasteiger partial charge in [-0.25, -0.2) is 0 Å². The van der Waals surface area contributed by atoms with Crippen molar-refractivity contribution in [3.63, 3.8) is 0 Å². The van der Waals surface area contributed by atoms with Crippen molar-refractivity contribution in [2.75, 3.05) is 13.9 Å². The first kappa shape index (κ1) is 23.1. The van der Waals surface area contributed by atoms with Crippen LogP contribution < -0.4 is 0 Å². The summed E-state index contributed by atoms with van der Waals surface area (Å²) in [6.07, 6.45) is 10.1. The molecule has 5 heteroatoms. The number of aliphatic hydroxyl groups excluding tert-OH is 1. The van der Waals surface area contributed by atoms with Crippen molar-refractivity contribution >= 4 is 5.97 Å². The lowest BCUT2D eigenvalue weighted by Crippen LogP contribution is -2.29. The van der Waals surface area contributed by atoms with Crippen LogP contribution in [0.5, 0.6) is 0 Å². The molecule has 0 aliphatic carbocycles. The molecule has 3 atom stereocenters. The summed E-state index contributed by atoms with van der Waals surface area (Å²) in [5.41, 5.74) is 0. The first-order chi connectivity index (χ1) is 11.5. The van der Waals surface area contributed by atoms with E-state index in [0.29, 0.717) is 6.42 Å². The number of carbonyl (C=O) groups excluding carboxylic acids is 1. The van der Waals surface area contributed by atoms with E-state index in [2.05, 4.69) is 13.8 Å². The Bertz CT molecular complexity index is 330. The Morgan fingerprint density at radius 3 is 2.21 bits per heavy atom. The molecular weight excluding hydrogens is 308 g/mol. The number of rotatable bonds is 15. The summed E-state index contributed by atoms with van der Waals surface area (Å²) < 4.78 is 15.9. The molecule has 0 aliphatic heterocycles. The number of hydrogen-bond donors (Lipinski definition) is 1. The summed E-state index contributed by atoms with van der Waals surface area (Å²) in [5, 5.41) is 10.3. The molecule has 0 aromatic carbocycles. The molecule has 0 bridgehead atoms. The van der Waals surface area contributed by atoms with Gasteiger partial charge in [0.15, 0.2) is 0 Å². The van der Waals surface area contributed by atoms with Gasteiger partial charge in [-0.15, -0.1) is 0 Å². The molecule has 0 saturated carbocycles. The van der Waals surface area contributed by atoms with E-state index in [-0.39, 0.29) is 18.9 Å². The van der Waals surface area contributed by atoms with Crippen LogP contribution in [0, 0.1) is 0 Å². The molecule has 0 aliphatic rings. The minimum absolute atomic E-state index is 0.0996. The molecule has 0 unspecified atom stereocenters. The zero-order valence-corrected chi connectivity index (χ0v) is 15.8. The quantitative estimate of drug-likeness (QED) is 0.211. The number of esters is 1. The first-order valence-corrected chi connectivity index (χ1v) is 9.19. The van der Waals surface area contributed by atoms with E-state index < -0.39 is 12.2 Å². The molecule has 0 aromatic rings. The Labute approximate surface area is 147 Å². The van der Waals surface area contributed by atoms with Gasteiger partial charge in [-0.2, -0.15) is 0 Å². The molecule has 1 N–H and O–H groups in total. The highest BCUT2D eigenvalue weighted by Crippen LogP contribution is 2.14. The van der Waals surface area contributed by atoms with Gasteiger partial charge in [0.1, 0.15) is 12.9 Å². The molecule has 0 radical (unpaired) electrons. The molecule has 0 saturated heterocycles. The lowest BCUT2D eigenvalue weighted by Gasteiger charge is -2.21. The Morgan fingerprint density at radius 2 is 1.67 bits per heavy atom. The summed E-state index contributed by atoms with van der Waals surface area (Å²) in [6.45, 7) is 5.85. The minimum Gasteiger partial charge on any atom is -0.456 e. The molecule has 0 spiro atoms. The van der Waals surface area contributed by atoms with Gasteiger partial charge < -0.3 is 19.3 Å².